The zero-order valence-corrected chi connectivity index (χ0v) is 5.20. The van der Waals surface area contributed by atoms with E-state index in [2.05, 4.69) is 9.79 Å². The van der Waals surface area contributed by atoms with E-state index in [1.165, 1.54) is 10.9 Å². The van der Waals surface area contributed by atoms with E-state index in [9.17, 15) is 5.11 Å². The van der Waals surface area contributed by atoms with Crippen LogP contribution >= 0.6 is 0 Å². The highest BCUT2D eigenvalue weighted by molar-refractivity contribution is 4.80. The first-order valence-electron chi connectivity index (χ1n) is 2.86. The van der Waals surface area contributed by atoms with Crippen LogP contribution in [0.4, 0.5) is 0 Å². The Morgan fingerprint density at radius 1 is 1.89 bits per heavy atom. The maximum absolute atomic E-state index is 10.3. The Morgan fingerprint density at radius 2 is 2.67 bits per heavy atom. The fourth-order valence-corrected chi connectivity index (χ4v) is 0.596. The maximum atomic E-state index is 10.3. The highest BCUT2D eigenvalue weighted by Gasteiger charge is 1.98. The molecule has 0 saturated carbocycles. The van der Waals surface area contributed by atoms with E-state index in [1.807, 2.05) is 6.92 Å². The van der Waals surface area contributed by atoms with Gasteiger partial charge in [0.25, 0.3) is 0 Å². The molecule has 0 saturated heterocycles. The van der Waals surface area contributed by atoms with Gasteiger partial charge < -0.3 is 9.63 Å². The van der Waals surface area contributed by atoms with E-state index >= 15 is 0 Å². The molecule has 0 unspecified atom stereocenters. The van der Waals surface area contributed by atoms with Gasteiger partial charge in [0, 0.05) is 6.42 Å². The van der Waals surface area contributed by atoms with Gasteiger partial charge in [-0.3, -0.25) is 0 Å². The summed E-state index contributed by atoms with van der Waals surface area (Å²) < 4.78 is 5.76. The van der Waals surface area contributed by atoms with Gasteiger partial charge in [0.15, 0.2) is 6.54 Å². The summed E-state index contributed by atoms with van der Waals surface area (Å²) in [4.78, 5) is 0. The summed E-state index contributed by atoms with van der Waals surface area (Å²) >= 11 is 0. The lowest BCUT2D eigenvalue weighted by atomic mass is 10.5. The molecule has 0 aromatic carbocycles. The topological polar surface area (TPSA) is 53.0 Å². The Kier molecular flexibility index (Phi) is 1.67. The maximum Gasteiger partial charge on any atom is 0.221 e. The summed E-state index contributed by atoms with van der Waals surface area (Å²) in [7, 11) is 0. The van der Waals surface area contributed by atoms with Crippen LogP contribution in [0, 0.1) is 0 Å². The highest BCUT2D eigenvalue weighted by atomic mass is 16.6. The summed E-state index contributed by atoms with van der Waals surface area (Å²) in [5.74, 6) is -0.386. The molecule has 0 spiro atoms. The quantitative estimate of drug-likeness (QED) is 0.502. The number of nitrogens with zero attached hydrogens (tertiary/aromatic N) is 2. The molecule has 0 aliphatic rings. The summed E-state index contributed by atoms with van der Waals surface area (Å²) in [6, 6.07) is 0. The predicted octanol–water partition coefficient (Wildman–Crippen LogP) is -0.554. The first kappa shape index (κ1) is 6.07. The lowest BCUT2D eigenvalue weighted by Gasteiger charge is -1.78. The molecular formula is C5H8N2O2. The number of aromatic nitrogens is 2. The molecule has 0 aliphatic carbocycles. The van der Waals surface area contributed by atoms with Crippen molar-refractivity contribution in [1.29, 1.82) is 0 Å². The zero-order chi connectivity index (χ0) is 6.69. The van der Waals surface area contributed by atoms with E-state index in [4.69, 9.17) is 0 Å². The molecule has 0 radical (unpaired) electrons. The minimum atomic E-state index is -0.386. The van der Waals surface area contributed by atoms with Crippen LogP contribution in [-0.2, 0) is 6.54 Å². The van der Waals surface area contributed by atoms with Crippen LogP contribution in [0.25, 0.3) is 0 Å². The fourth-order valence-electron chi connectivity index (χ4n) is 0.596. The molecule has 1 rings (SSSR count). The van der Waals surface area contributed by atoms with Gasteiger partial charge in [-0.15, -0.1) is 0 Å². The number of hydrogen-bond donors (Lipinski definition) is 0. The van der Waals surface area contributed by atoms with Crippen LogP contribution in [0.2, 0.25) is 0 Å². The van der Waals surface area contributed by atoms with E-state index < -0.39 is 0 Å². The molecule has 4 heteroatoms. The molecule has 1 heterocycles. The van der Waals surface area contributed by atoms with Gasteiger partial charge in [-0.2, -0.15) is 0 Å². The third-order valence-electron chi connectivity index (χ3n) is 0.943. The minimum Gasteiger partial charge on any atom is -0.539 e. The van der Waals surface area contributed by atoms with Gasteiger partial charge in [-0.25, -0.2) is 0 Å². The van der Waals surface area contributed by atoms with Crippen molar-refractivity contribution in [2.45, 2.75) is 19.9 Å². The van der Waals surface area contributed by atoms with Crippen LogP contribution in [0.3, 0.4) is 0 Å². The molecule has 9 heavy (non-hydrogen) atoms. The lowest BCUT2D eigenvalue weighted by Crippen LogP contribution is -2.34. The molecular weight excluding hydrogens is 120 g/mol. The van der Waals surface area contributed by atoms with Crippen LogP contribution in [-0.4, -0.2) is 5.27 Å². The summed E-state index contributed by atoms with van der Waals surface area (Å²) in [6.07, 6.45) is 2.29. The molecule has 50 valence electrons. The molecule has 0 amide bonds. The van der Waals surface area contributed by atoms with Gasteiger partial charge in [0.05, 0.1) is 5.27 Å². The molecule has 1 aromatic rings. The standard InChI is InChI=1S/C5H8N2O2/c1-2-3-7-4-5(8)9-6-7/h4H,2-3H2,1H3. The van der Waals surface area contributed by atoms with Crippen molar-refractivity contribution in [2.24, 2.45) is 0 Å². The van der Waals surface area contributed by atoms with Crippen molar-refractivity contribution in [2.75, 3.05) is 0 Å². The molecule has 0 N–H and O–H groups in total. The van der Waals surface area contributed by atoms with Crippen molar-refractivity contribution in [3.63, 3.8) is 0 Å². The lowest BCUT2D eigenvalue weighted by molar-refractivity contribution is -0.762. The van der Waals surface area contributed by atoms with Crippen molar-refractivity contribution in [1.82, 2.24) is 5.27 Å². The minimum absolute atomic E-state index is 0.386. The first-order chi connectivity index (χ1) is 4.33. The van der Waals surface area contributed by atoms with E-state index in [0.29, 0.717) is 0 Å². The van der Waals surface area contributed by atoms with Crippen LogP contribution in [0.5, 0.6) is 5.95 Å². The van der Waals surface area contributed by atoms with Gasteiger partial charge in [0.1, 0.15) is 5.95 Å². The SMILES string of the molecule is CCC[n+]1cc([O-])on1. The van der Waals surface area contributed by atoms with Crippen molar-refractivity contribution >= 4 is 0 Å². The highest BCUT2D eigenvalue weighted by Crippen LogP contribution is 1.92. The Labute approximate surface area is 52.7 Å². The van der Waals surface area contributed by atoms with Gasteiger partial charge in [-0.05, 0) is 0 Å². The monoisotopic (exact) mass is 128 g/mol. The van der Waals surface area contributed by atoms with E-state index in [-0.39, 0.29) is 5.95 Å². The average Bonchev–Trinajstić information content (AvgIpc) is 2.17. The molecule has 4 nitrogen and oxygen atoms in total. The second kappa shape index (κ2) is 2.48. The third-order valence-corrected chi connectivity index (χ3v) is 0.943. The average molecular weight is 128 g/mol. The molecule has 0 atom stereocenters. The first-order valence-corrected chi connectivity index (χ1v) is 2.86. The molecule has 0 bridgehead atoms. The molecule has 0 aliphatic heterocycles. The fraction of sp³-hybridized carbons (Fsp3) is 0.600. The molecule has 0 fully saturated rings. The van der Waals surface area contributed by atoms with Gasteiger partial charge in [0.2, 0.25) is 6.20 Å². The second-order valence-electron chi connectivity index (χ2n) is 1.78. The second-order valence-corrected chi connectivity index (χ2v) is 1.78. The Morgan fingerprint density at radius 3 is 3.11 bits per heavy atom. The number of rotatable bonds is 2. The summed E-state index contributed by atoms with van der Waals surface area (Å²) in [6.45, 7) is 2.75. The van der Waals surface area contributed by atoms with E-state index in [1.54, 1.807) is 0 Å². The Balaban J connectivity index is 2.61. The number of hydrogen-bond acceptors (Lipinski definition) is 3. The van der Waals surface area contributed by atoms with Gasteiger partial charge >= 0.3 is 0 Å². The Hall–Kier alpha value is -1.06. The zero-order valence-electron chi connectivity index (χ0n) is 5.20. The van der Waals surface area contributed by atoms with E-state index in [0.717, 1.165) is 13.0 Å². The van der Waals surface area contributed by atoms with Crippen LogP contribution in [0.15, 0.2) is 10.7 Å². The van der Waals surface area contributed by atoms with Crippen molar-refractivity contribution < 1.29 is 14.3 Å². The smallest absolute Gasteiger partial charge is 0.221 e. The third kappa shape index (κ3) is 1.42. The normalized spacial score (nSPS) is 9.89. The molecule has 1 aromatic heterocycles. The Bertz CT molecular complexity index is 185. The number of aryl methyl sites for hydroxylation is 1. The summed E-state index contributed by atoms with van der Waals surface area (Å²) in [5, 5.41) is 13.7. The largest absolute Gasteiger partial charge is 0.539 e. The van der Waals surface area contributed by atoms with Crippen molar-refractivity contribution in [3.8, 4) is 5.95 Å². The van der Waals surface area contributed by atoms with Crippen LogP contribution < -0.4 is 9.79 Å². The summed E-state index contributed by atoms with van der Waals surface area (Å²) in [5.41, 5.74) is 0. The van der Waals surface area contributed by atoms with Crippen molar-refractivity contribution in [3.05, 3.63) is 6.20 Å². The van der Waals surface area contributed by atoms with Gasteiger partial charge in [-0.1, -0.05) is 11.6 Å². The predicted molar refractivity (Wildman–Crippen MR) is 26.4 cm³/mol. The van der Waals surface area contributed by atoms with Crippen LogP contribution in [0.1, 0.15) is 13.3 Å².